The Kier molecular flexibility index (Phi) is 13.3. The monoisotopic (exact) mass is 660 g/mol. The van der Waals surface area contributed by atoms with Crippen LogP contribution in [-0.4, -0.2) is 90.2 Å². The van der Waals surface area contributed by atoms with Crippen LogP contribution in [-0.2, 0) is 20.8 Å². The Labute approximate surface area is 282 Å². The van der Waals surface area contributed by atoms with Crippen molar-refractivity contribution >= 4 is 46.9 Å². The van der Waals surface area contributed by atoms with Gasteiger partial charge in [0.25, 0.3) is 0 Å². The van der Waals surface area contributed by atoms with E-state index in [0.29, 0.717) is 37.6 Å². The summed E-state index contributed by atoms with van der Waals surface area (Å²) in [6.45, 7) is 3.69. The number of fused-ring (bicyclic) bond motifs is 1. The molecule has 3 aliphatic heterocycles. The molecule has 0 aliphatic carbocycles. The number of amides is 5. The van der Waals surface area contributed by atoms with E-state index in [-0.39, 0.29) is 42.3 Å². The van der Waals surface area contributed by atoms with Gasteiger partial charge >= 0.3 is 6.03 Å². The summed E-state index contributed by atoms with van der Waals surface area (Å²) in [6.07, 6.45) is 7.03. The first-order chi connectivity index (χ1) is 23.0. The van der Waals surface area contributed by atoms with Crippen molar-refractivity contribution < 1.29 is 19.2 Å². The molecule has 2 saturated heterocycles. The Morgan fingerprint density at radius 2 is 1.53 bits per heavy atom. The summed E-state index contributed by atoms with van der Waals surface area (Å²) in [7, 11) is 0. The lowest BCUT2D eigenvalue weighted by Crippen LogP contribution is -2.48. The SMILES string of the molecule is O=C(CCCC[C@@H]1SCC2=NC(=O)N[C@@H]21)NCCNC(=O)CCCC(=O)N(c1ccccc1)C1CCN(CCc2ccccc2)CC1. The average molecular weight is 661 g/mol. The number of hydrogen-bond acceptors (Lipinski definition) is 6. The third kappa shape index (κ3) is 10.7. The number of carbonyl (C=O) groups is 4. The summed E-state index contributed by atoms with van der Waals surface area (Å²) < 4.78 is 0. The highest BCUT2D eigenvalue weighted by Crippen LogP contribution is 2.31. The molecule has 2 aromatic rings. The second-order valence-corrected chi connectivity index (χ2v) is 13.8. The number of urea groups is 1. The van der Waals surface area contributed by atoms with Gasteiger partial charge in [0.15, 0.2) is 0 Å². The first-order valence-corrected chi connectivity index (χ1v) is 18.2. The number of anilines is 1. The Balaban J connectivity index is 0.940. The summed E-state index contributed by atoms with van der Waals surface area (Å²) in [5, 5.41) is 8.98. The molecular formula is C36H48N6O4S. The maximum atomic E-state index is 13.5. The standard InChI is InChI=1S/C36H48N6O4S/c43-32(15-8-7-14-31-35-30(26-47-31)39-36(46)40-35)37-21-22-38-33(44)16-9-17-34(45)42(28-12-5-2-6-13-28)29-19-24-41(25-20-29)23-18-27-10-3-1-4-11-27/h1-6,10-13,29,31,35H,7-9,14-26H2,(H,37,43)(H,38,44)(H,40,46)/t31-,35-/m0/s1. The van der Waals surface area contributed by atoms with E-state index >= 15 is 0 Å². The van der Waals surface area contributed by atoms with E-state index in [4.69, 9.17) is 0 Å². The average Bonchev–Trinajstić information content (AvgIpc) is 3.65. The van der Waals surface area contributed by atoms with Crippen molar-refractivity contribution in [3.05, 3.63) is 66.2 Å². The summed E-state index contributed by atoms with van der Waals surface area (Å²) in [5.74, 6) is 0.731. The van der Waals surface area contributed by atoms with Gasteiger partial charge in [-0.15, -0.1) is 11.8 Å². The summed E-state index contributed by atoms with van der Waals surface area (Å²) in [5.41, 5.74) is 3.22. The Bertz CT molecular complexity index is 1370. The molecular weight excluding hydrogens is 613 g/mol. The number of thioether (sulfide) groups is 1. The molecule has 5 amide bonds. The van der Waals surface area contributed by atoms with Crippen LogP contribution in [0.3, 0.4) is 0 Å². The number of nitrogens with one attached hydrogen (secondary N) is 3. The quantitative estimate of drug-likeness (QED) is 0.217. The van der Waals surface area contributed by atoms with Crippen molar-refractivity contribution in [2.24, 2.45) is 4.99 Å². The lowest BCUT2D eigenvalue weighted by Gasteiger charge is -2.38. The van der Waals surface area contributed by atoms with Gasteiger partial charge in [-0.25, -0.2) is 4.79 Å². The minimum Gasteiger partial charge on any atom is -0.354 e. The zero-order valence-corrected chi connectivity index (χ0v) is 28.0. The van der Waals surface area contributed by atoms with Crippen LogP contribution in [0.4, 0.5) is 10.5 Å². The van der Waals surface area contributed by atoms with Gasteiger partial charge in [0.2, 0.25) is 17.7 Å². The van der Waals surface area contributed by atoms with Gasteiger partial charge < -0.3 is 25.8 Å². The first kappa shape index (κ1) is 34.6. The molecule has 47 heavy (non-hydrogen) atoms. The number of para-hydroxylation sites is 1. The Hall–Kier alpha value is -3.70. The van der Waals surface area contributed by atoms with Crippen molar-refractivity contribution in [2.45, 2.75) is 81.5 Å². The van der Waals surface area contributed by atoms with Gasteiger partial charge in [-0.3, -0.25) is 14.4 Å². The number of benzene rings is 2. The van der Waals surface area contributed by atoms with E-state index in [1.54, 1.807) is 0 Å². The number of piperidine rings is 1. The van der Waals surface area contributed by atoms with Crippen LogP contribution in [0.25, 0.3) is 0 Å². The normalized spacial score (nSPS) is 19.5. The summed E-state index contributed by atoms with van der Waals surface area (Å²) in [6, 6.07) is 20.4. The molecule has 3 aliphatic rings. The molecule has 0 bridgehead atoms. The topological polar surface area (TPSA) is 123 Å². The number of nitrogens with zero attached hydrogens (tertiary/aromatic N) is 3. The predicted molar refractivity (Wildman–Crippen MR) is 188 cm³/mol. The number of unbranched alkanes of at least 4 members (excludes halogenated alkanes) is 1. The maximum absolute atomic E-state index is 13.5. The molecule has 10 nitrogen and oxygen atoms in total. The molecule has 2 fully saturated rings. The molecule has 0 unspecified atom stereocenters. The van der Waals surface area contributed by atoms with Gasteiger partial charge in [0, 0.05) is 74.7 Å². The van der Waals surface area contributed by atoms with E-state index in [2.05, 4.69) is 50.1 Å². The first-order valence-electron chi connectivity index (χ1n) is 17.1. The lowest BCUT2D eigenvalue weighted by atomic mass is 10.0. The number of rotatable bonds is 17. The fourth-order valence-corrected chi connectivity index (χ4v) is 8.01. The number of carbonyl (C=O) groups excluding carboxylic acids is 4. The molecule has 2 atom stereocenters. The molecule has 11 heteroatoms. The summed E-state index contributed by atoms with van der Waals surface area (Å²) >= 11 is 1.82. The van der Waals surface area contributed by atoms with E-state index in [9.17, 15) is 19.2 Å². The highest BCUT2D eigenvalue weighted by atomic mass is 32.2. The van der Waals surface area contributed by atoms with Crippen LogP contribution in [0, 0.1) is 0 Å². The molecule has 3 N–H and O–H groups in total. The summed E-state index contributed by atoms with van der Waals surface area (Å²) in [4.78, 5) is 58.1. The molecule has 0 spiro atoms. The van der Waals surface area contributed by atoms with Crippen LogP contribution in [0.2, 0.25) is 0 Å². The minimum atomic E-state index is -0.234. The van der Waals surface area contributed by atoms with Gasteiger partial charge in [-0.1, -0.05) is 55.0 Å². The largest absolute Gasteiger partial charge is 0.354 e. The third-order valence-corrected chi connectivity index (χ3v) is 10.6. The third-order valence-electron chi connectivity index (χ3n) is 9.19. The van der Waals surface area contributed by atoms with Gasteiger partial charge in [0.1, 0.15) is 0 Å². The molecule has 3 heterocycles. The van der Waals surface area contributed by atoms with Crippen molar-refractivity contribution in [3.8, 4) is 0 Å². The highest BCUT2D eigenvalue weighted by molar-refractivity contribution is 8.01. The number of likely N-dealkylation sites (tertiary alicyclic amines) is 1. The molecule has 0 radical (unpaired) electrons. The van der Waals surface area contributed by atoms with Crippen LogP contribution < -0.4 is 20.9 Å². The zero-order valence-electron chi connectivity index (χ0n) is 27.2. The molecule has 0 aromatic heterocycles. The zero-order chi connectivity index (χ0) is 32.8. The van der Waals surface area contributed by atoms with Crippen LogP contribution >= 0.6 is 11.8 Å². The smallest absolute Gasteiger partial charge is 0.341 e. The van der Waals surface area contributed by atoms with E-state index in [1.165, 1.54) is 5.56 Å². The van der Waals surface area contributed by atoms with Crippen LogP contribution in [0.15, 0.2) is 65.7 Å². The van der Waals surface area contributed by atoms with Crippen LogP contribution in [0.5, 0.6) is 0 Å². The fraction of sp³-hybridized carbons (Fsp3) is 0.528. The highest BCUT2D eigenvalue weighted by Gasteiger charge is 2.38. The van der Waals surface area contributed by atoms with E-state index < -0.39 is 0 Å². The van der Waals surface area contributed by atoms with Crippen molar-refractivity contribution in [2.75, 3.05) is 43.4 Å². The van der Waals surface area contributed by atoms with E-state index in [0.717, 1.165) is 75.3 Å². The molecule has 5 rings (SSSR count). The van der Waals surface area contributed by atoms with Crippen molar-refractivity contribution in [1.29, 1.82) is 0 Å². The van der Waals surface area contributed by atoms with Crippen molar-refractivity contribution in [1.82, 2.24) is 20.9 Å². The Morgan fingerprint density at radius 3 is 2.23 bits per heavy atom. The number of hydrogen-bond donors (Lipinski definition) is 3. The molecule has 0 saturated carbocycles. The fourth-order valence-electron chi connectivity index (χ4n) is 6.63. The van der Waals surface area contributed by atoms with Gasteiger partial charge in [-0.05, 0) is 56.2 Å². The van der Waals surface area contributed by atoms with Gasteiger partial charge in [0.05, 0.1) is 11.8 Å². The predicted octanol–water partition coefficient (Wildman–Crippen LogP) is 4.34. The van der Waals surface area contributed by atoms with E-state index in [1.807, 2.05) is 53.1 Å². The lowest BCUT2D eigenvalue weighted by molar-refractivity contribution is -0.123. The number of aliphatic imine (C=N–C) groups is 1. The maximum Gasteiger partial charge on any atom is 0.341 e. The Morgan fingerprint density at radius 1 is 0.872 bits per heavy atom. The molecule has 252 valence electrons. The second kappa shape index (κ2) is 18.0. The minimum absolute atomic E-state index is 0.0247. The van der Waals surface area contributed by atoms with Crippen LogP contribution in [0.1, 0.15) is 63.4 Å². The molecule has 2 aromatic carbocycles. The second-order valence-electron chi connectivity index (χ2n) is 12.6. The van der Waals surface area contributed by atoms with Gasteiger partial charge in [-0.2, -0.15) is 4.99 Å². The van der Waals surface area contributed by atoms with Crippen molar-refractivity contribution in [3.63, 3.8) is 0 Å².